The number of nitrogens with zero attached hydrogens (tertiary/aromatic N) is 4. The Morgan fingerprint density at radius 1 is 1.32 bits per heavy atom. The highest BCUT2D eigenvalue weighted by molar-refractivity contribution is 7.20. The Balaban J connectivity index is 1.44. The Bertz CT molecular complexity index is 1310. The average molecular weight is 394 g/mol. The number of imidazole rings is 1. The van der Waals surface area contributed by atoms with Gasteiger partial charge >= 0.3 is 5.97 Å². The number of ether oxygens (including phenoxy) is 1. The molecule has 28 heavy (non-hydrogen) atoms. The lowest BCUT2D eigenvalue weighted by Crippen LogP contribution is -2.20. The second kappa shape index (κ2) is 6.27. The number of pyridine rings is 1. The standard InChI is InChI=1S/C20H18N4O3S/c1-11-5-3-7-23-9-13(21-17(11)23)10-27-20(26)16-12(2)15-18(28-16)22-14-6-4-8-24(14)19(15)25/h3,5,7,9H,4,6,8,10H2,1-2H3. The lowest BCUT2D eigenvalue weighted by molar-refractivity contribution is 0.0473. The van der Waals surface area contributed by atoms with Crippen LogP contribution in [0.15, 0.2) is 29.3 Å². The lowest BCUT2D eigenvalue weighted by Gasteiger charge is -2.02. The number of carbonyl (C=O) groups excluding carboxylic acids is 1. The maximum atomic E-state index is 12.8. The molecular weight excluding hydrogens is 376 g/mol. The molecule has 5 heterocycles. The van der Waals surface area contributed by atoms with Gasteiger partial charge in [0, 0.05) is 25.4 Å². The zero-order chi connectivity index (χ0) is 19.4. The molecule has 0 spiro atoms. The van der Waals surface area contributed by atoms with E-state index in [1.165, 1.54) is 11.3 Å². The fraction of sp³-hybridized carbons (Fsp3) is 0.300. The summed E-state index contributed by atoms with van der Waals surface area (Å²) in [5.41, 5.74) is 3.17. The van der Waals surface area contributed by atoms with E-state index in [0.717, 1.165) is 29.9 Å². The van der Waals surface area contributed by atoms with Crippen LogP contribution < -0.4 is 5.56 Å². The van der Waals surface area contributed by atoms with E-state index in [9.17, 15) is 9.59 Å². The van der Waals surface area contributed by atoms with Gasteiger partial charge in [0.05, 0.1) is 11.1 Å². The zero-order valence-electron chi connectivity index (χ0n) is 15.6. The molecule has 8 heteroatoms. The highest BCUT2D eigenvalue weighted by Crippen LogP contribution is 2.29. The minimum atomic E-state index is -0.446. The molecule has 142 valence electrons. The number of esters is 1. The molecule has 0 atom stereocenters. The van der Waals surface area contributed by atoms with Gasteiger partial charge in [0.2, 0.25) is 0 Å². The smallest absolute Gasteiger partial charge is 0.349 e. The first kappa shape index (κ1) is 17.1. The summed E-state index contributed by atoms with van der Waals surface area (Å²) in [5.74, 6) is 0.359. The van der Waals surface area contributed by atoms with Gasteiger partial charge in [-0.15, -0.1) is 11.3 Å². The summed E-state index contributed by atoms with van der Waals surface area (Å²) >= 11 is 1.23. The van der Waals surface area contributed by atoms with Gasteiger partial charge in [-0.2, -0.15) is 0 Å². The second-order valence-corrected chi connectivity index (χ2v) is 8.05. The number of carbonyl (C=O) groups is 1. The predicted octanol–water partition coefficient (Wildman–Crippen LogP) is 3.03. The van der Waals surface area contributed by atoms with Crippen LogP contribution in [-0.4, -0.2) is 24.9 Å². The lowest BCUT2D eigenvalue weighted by atomic mass is 10.2. The third-order valence-corrected chi connectivity index (χ3v) is 6.34. The largest absolute Gasteiger partial charge is 0.455 e. The topological polar surface area (TPSA) is 78.5 Å². The van der Waals surface area contributed by atoms with E-state index >= 15 is 0 Å². The molecule has 0 unspecified atom stereocenters. The Hall–Kier alpha value is -3.00. The molecule has 0 aliphatic carbocycles. The van der Waals surface area contributed by atoms with E-state index in [2.05, 4.69) is 9.97 Å². The van der Waals surface area contributed by atoms with Crippen LogP contribution in [0.1, 0.15) is 38.7 Å². The number of fused-ring (bicyclic) bond motifs is 3. The maximum absolute atomic E-state index is 12.8. The van der Waals surface area contributed by atoms with Gasteiger partial charge in [-0.3, -0.25) is 9.36 Å². The monoisotopic (exact) mass is 394 g/mol. The van der Waals surface area contributed by atoms with Crippen LogP contribution in [0.25, 0.3) is 15.9 Å². The molecule has 0 saturated carbocycles. The fourth-order valence-corrected chi connectivity index (χ4v) is 4.83. The van der Waals surface area contributed by atoms with E-state index in [-0.39, 0.29) is 12.2 Å². The van der Waals surface area contributed by atoms with Crippen LogP contribution in [-0.2, 0) is 24.3 Å². The molecule has 0 saturated heterocycles. The first-order valence-corrected chi connectivity index (χ1v) is 9.97. The van der Waals surface area contributed by atoms with Crippen molar-refractivity contribution in [1.29, 1.82) is 0 Å². The molecule has 4 aromatic rings. The van der Waals surface area contributed by atoms with Gasteiger partial charge in [0.1, 0.15) is 27.8 Å². The van der Waals surface area contributed by atoms with Crippen molar-refractivity contribution < 1.29 is 9.53 Å². The number of rotatable bonds is 3. The predicted molar refractivity (Wildman–Crippen MR) is 106 cm³/mol. The van der Waals surface area contributed by atoms with Crippen molar-refractivity contribution in [3.8, 4) is 0 Å². The van der Waals surface area contributed by atoms with Crippen LogP contribution in [0.3, 0.4) is 0 Å². The molecule has 0 fully saturated rings. The van der Waals surface area contributed by atoms with Crippen LogP contribution in [0.2, 0.25) is 0 Å². The van der Waals surface area contributed by atoms with Crippen molar-refractivity contribution in [3.63, 3.8) is 0 Å². The van der Waals surface area contributed by atoms with Crippen LogP contribution >= 0.6 is 11.3 Å². The van der Waals surface area contributed by atoms with Crippen molar-refractivity contribution in [2.45, 2.75) is 39.8 Å². The molecule has 5 rings (SSSR count). The number of hydrogen-bond donors (Lipinski definition) is 0. The molecule has 0 N–H and O–H groups in total. The van der Waals surface area contributed by atoms with Gasteiger partial charge in [-0.1, -0.05) is 6.07 Å². The quantitative estimate of drug-likeness (QED) is 0.499. The Kier molecular flexibility index (Phi) is 3.83. The van der Waals surface area contributed by atoms with Crippen molar-refractivity contribution in [2.24, 2.45) is 0 Å². The third kappa shape index (κ3) is 2.56. The van der Waals surface area contributed by atoms with E-state index < -0.39 is 5.97 Å². The Morgan fingerprint density at radius 2 is 2.18 bits per heavy atom. The Morgan fingerprint density at radius 3 is 3.00 bits per heavy atom. The molecule has 1 aliphatic rings. The van der Waals surface area contributed by atoms with E-state index in [0.29, 0.717) is 32.9 Å². The third-order valence-electron chi connectivity index (χ3n) is 5.18. The number of aryl methyl sites for hydroxylation is 3. The molecule has 0 amide bonds. The number of aromatic nitrogens is 4. The van der Waals surface area contributed by atoms with Crippen molar-refractivity contribution in [3.05, 3.63) is 62.4 Å². The van der Waals surface area contributed by atoms with Crippen LogP contribution in [0, 0.1) is 13.8 Å². The molecule has 4 aromatic heterocycles. The molecule has 1 aliphatic heterocycles. The minimum absolute atomic E-state index is 0.0545. The zero-order valence-corrected chi connectivity index (χ0v) is 16.4. The summed E-state index contributed by atoms with van der Waals surface area (Å²) in [7, 11) is 0. The second-order valence-electron chi connectivity index (χ2n) is 7.06. The van der Waals surface area contributed by atoms with Crippen molar-refractivity contribution in [1.82, 2.24) is 18.9 Å². The maximum Gasteiger partial charge on any atom is 0.349 e. The SMILES string of the molecule is Cc1c(C(=O)OCc2cn3cccc(C)c3n2)sc2nc3n(c(=O)c12)CCC3. The summed E-state index contributed by atoms with van der Waals surface area (Å²) in [6, 6.07) is 3.94. The summed E-state index contributed by atoms with van der Waals surface area (Å²) in [4.78, 5) is 35.6. The van der Waals surface area contributed by atoms with Gasteiger partial charge in [-0.25, -0.2) is 14.8 Å². The van der Waals surface area contributed by atoms with Crippen molar-refractivity contribution in [2.75, 3.05) is 0 Å². The summed E-state index contributed by atoms with van der Waals surface area (Å²) in [5, 5.41) is 0.533. The van der Waals surface area contributed by atoms with Crippen molar-refractivity contribution >= 4 is 33.2 Å². The average Bonchev–Trinajstić information content (AvgIpc) is 3.38. The highest BCUT2D eigenvalue weighted by Gasteiger charge is 2.24. The number of thiophene rings is 1. The van der Waals surface area contributed by atoms with E-state index in [1.807, 2.05) is 35.9 Å². The summed E-state index contributed by atoms with van der Waals surface area (Å²) in [6.45, 7) is 4.55. The minimum Gasteiger partial charge on any atom is -0.455 e. The molecular formula is C20H18N4O3S. The molecule has 0 aromatic carbocycles. The summed E-state index contributed by atoms with van der Waals surface area (Å²) < 4.78 is 9.12. The first-order chi connectivity index (χ1) is 13.5. The van der Waals surface area contributed by atoms with Gasteiger partial charge in [0.15, 0.2) is 0 Å². The van der Waals surface area contributed by atoms with Gasteiger partial charge < -0.3 is 9.14 Å². The van der Waals surface area contributed by atoms with Crippen LogP contribution in [0.5, 0.6) is 0 Å². The van der Waals surface area contributed by atoms with Gasteiger partial charge in [0.25, 0.3) is 5.56 Å². The number of hydrogen-bond acceptors (Lipinski definition) is 6. The first-order valence-electron chi connectivity index (χ1n) is 9.16. The van der Waals surface area contributed by atoms with Gasteiger partial charge in [-0.05, 0) is 37.5 Å². The fourth-order valence-electron chi connectivity index (χ4n) is 3.75. The highest BCUT2D eigenvalue weighted by atomic mass is 32.1. The van der Waals surface area contributed by atoms with Crippen LogP contribution in [0.4, 0.5) is 0 Å². The summed E-state index contributed by atoms with van der Waals surface area (Å²) in [6.07, 6.45) is 5.50. The van der Waals surface area contributed by atoms with E-state index in [1.54, 1.807) is 11.5 Å². The van der Waals surface area contributed by atoms with E-state index in [4.69, 9.17) is 4.74 Å². The molecule has 0 radical (unpaired) electrons. The molecule has 0 bridgehead atoms. The Labute approximate surface area is 164 Å². The molecule has 7 nitrogen and oxygen atoms in total. The normalized spacial score (nSPS) is 13.4.